The highest BCUT2D eigenvalue weighted by molar-refractivity contribution is 6.37. The minimum atomic E-state index is -0.118. The Bertz CT molecular complexity index is 971. The van der Waals surface area contributed by atoms with Crippen LogP contribution in [-0.2, 0) is 16.0 Å². The van der Waals surface area contributed by atoms with Gasteiger partial charge >= 0.3 is 0 Å². The minimum absolute atomic E-state index is 0.0200. The van der Waals surface area contributed by atoms with Crippen molar-refractivity contribution in [1.82, 2.24) is 4.90 Å². The van der Waals surface area contributed by atoms with Crippen LogP contribution in [0, 0.1) is 0 Å². The molecule has 2 aliphatic heterocycles. The van der Waals surface area contributed by atoms with Crippen molar-refractivity contribution in [2.75, 3.05) is 11.4 Å². The van der Waals surface area contributed by atoms with E-state index in [2.05, 4.69) is 17.0 Å². The number of carbonyl (C=O) groups is 2. The van der Waals surface area contributed by atoms with E-state index in [1.807, 2.05) is 42.5 Å². The molecule has 2 heterocycles. The highest BCUT2D eigenvalue weighted by atomic mass is 16.2. The van der Waals surface area contributed by atoms with Crippen LogP contribution in [-0.4, -0.2) is 29.3 Å². The summed E-state index contributed by atoms with van der Waals surface area (Å²) in [6, 6.07) is 17.9. The lowest BCUT2D eigenvalue weighted by atomic mass is 10.0. The summed E-state index contributed by atoms with van der Waals surface area (Å²) in [6.45, 7) is 0.739. The molecule has 3 aliphatic rings. The third-order valence-electron chi connectivity index (χ3n) is 6.50. The number of anilines is 1. The molecule has 0 N–H and O–H groups in total. The van der Waals surface area contributed by atoms with Gasteiger partial charge in [0, 0.05) is 18.3 Å². The van der Waals surface area contributed by atoms with E-state index in [0.29, 0.717) is 11.3 Å². The zero-order chi connectivity index (χ0) is 19.8. The molecule has 0 spiro atoms. The van der Waals surface area contributed by atoms with Crippen LogP contribution in [0.25, 0.3) is 5.57 Å². The second-order valence-corrected chi connectivity index (χ2v) is 8.25. The number of imide groups is 1. The molecule has 148 valence electrons. The molecule has 0 unspecified atom stereocenters. The average molecular weight is 386 g/mol. The molecule has 2 aromatic rings. The van der Waals surface area contributed by atoms with E-state index in [4.69, 9.17) is 0 Å². The monoisotopic (exact) mass is 386 g/mol. The Balaban J connectivity index is 1.61. The molecule has 1 fully saturated rings. The molecule has 5 rings (SSSR count). The third-order valence-corrected chi connectivity index (χ3v) is 6.50. The van der Waals surface area contributed by atoms with Crippen molar-refractivity contribution >= 4 is 23.1 Å². The number of rotatable bonds is 3. The van der Waals surface area contributed by atoms with E-state index in [0.717, 1.165) is 49.9 Å². The fraction of sp³-hybridized carbons (Fsp3) is 0.360. The Morgan fingerprint density at radius 3 is 2.21 bits per heavy atom. The number of para-hydroxylation sites is 1. The summed E-state index contributed by atoms with van der Waals surface area (Å²) in [7, 11) is 0. The molecule has 0 aromatic heterocycles. The van der Waals surface area contributed by atoms with E-state index < -0.39 is 0 Å². The maximum Gasteiger partial charge on any atom is 0.278 e. The van der Waals surface area contributed by atoms with E-state index in [-0.39, 0.29) is 17.9 Å². The second kappa shape index (κ2) is 7.51. The zero-order valence-electron chi connectivity index (χ0n) is 16.6. The van der Waals surface area contributed by atoms with Crippen LogP contribution < -0.4 is 4.90 Å². The van der Waals surface area contributed by atoms with E-state index in [9.17, 15) is 9.59 Å². The predicted molar refractivity (Wildman–Crippen MR) is 114 cm³/mol. The summed E-state index contributed by atoms with van der Waals surface area (Å²) in [5.74, 6) is -0.232. The lowest BCUT2D eigenvalue weighted by Crippen LogP contribution is -2.42. The lowest BCUT2D eigenvalue weighted by molar-refractivity contribution is -0.139. The van der Waals surface area contributed by atoms with Crippen molar-refractivity contribution in [2.24, 2.45) is 0 Å². The van der Waals surface area contributed by atoms with Crippen LogP contribution in [0.15, 0.2) is 60.3 Å². The lowest BCUT2D eigenvalue weighted by Gasteiger charge is -2.27. The quantitative estimate of drug-likeness (QED) is 0.574. The van der Waals surface area contributed by atoms with Crippen molar-refractivity contribution in [3.63, 3.8) is 0 Å². The Morgan fingerprint density at radius 2 is 1.45 bits per heavy atom. The van der Waals surface area contributed by atoms with E-state index in [1.165, 1.54) is 18.4 Å². The van der Waals surface area contributed by atoms with Crippen LogP contribution in [0.4, 0.5) is 5.69 Å². The van der Waals surface area contributed by atoms with Crippen LogP contribution in [0.3, 0.4) is 0 Å². The molecule has 1 aliphatic carbocycles. The van der Waals surface area contributed by atoms with Crippen LogP contribution >= 0.6 is 0 Å². The van der Waals surface area contributed by atoms with Gasteiger partial charge in [0.25, 0.3) is 11.8 Å². The summed E-state index contributed by atoms with van der Waals surface area (Å²) in [6.07, 6.45) is 7.30. The van der Waals surface area contributed by atoms with Crippen molar-refractivity contribution in [3.8, 4) is 0 Å². The number of hydrogen-bond acceptors (Lipinski definition) is 3. The topological polar surface area (TPSA) is 40.6 Å². The first kappa shape index (κ1) is 18.2. The predicted octanol–water partition coefficient (Wildman–Crippen LogP) is 4.55. The maximum atomic E-state index is 13.7. The number of carbonyl (C=O) groups excluding carboxylic acids is 2. The van der Waals surface area contributed by atoms with Crippen molar-refractivity contribution in [2.45, 2.75) is 51.0 Å². The van der Waals surface area contributed by atoms with Gasteiger partial charge in [-0.05, 0) is 36.5 Å². The summed E-state index contributed by atoms with van der Waals surface area (Å²) in [5.41, 5.74) is 4.26. The Kier molecular flexibility index (Phi) is 4.70. The highest BCUT2D eigenvalue weighted by Gasteiger charge is 2.45. The summed E-state index contributed by atoms with van der Waals surface area (Å²) < 4.78 is 0. The number of benzene rings is 2. The molecule has 2 amide bonds. The van der Waals surface area contributed by atoms with Gasteiger partial charge in [0.05, 0.1) is 5.57 Å². The summed E-state index contributed by atoms with van der Waals surface area (Å²) in [5, 5.41) is 0. The second-order valence-electron chi connectivity index (χ2n) is 8.25. The van der Waals surface area contributed by atoms with Crippen LogP contribution in [0.1, 0.15) is 49.7 Å². The fourth-order valence-corrected chi connectivity index (χ4v) is 5.07. The zero-order valence-corrected chi connectivity index (χ0v) is 16.6. The van der Waals surface area contributed by atoms with Gasteiger partial charge in [0.2, 0.25) is 0 Å². The smallest absolute Gasteiger partial charge is 0.278 e. The van der Waals surface area contributed by atoms with Gasteiger partial charge in [-0.3, -0.25) is 14.5 Å². The maximum absolute atomic E-state index is 13.7. The number of nitrogens with zero attached hydrogens (tertiary/aromatic N) is 2. The number of amides is 2. The van der Waals surface area contributed by atoms with Gasteiger partial charge in [0.1, 0.15) is 5.70 Å². The van der Waals surface area contributed by atoms with Gasteiger partial charge in [-0.2, -0.15) is 0 Å². The molecule has 29 heavy (non-hydrogen) atoms. The van der Waals surface area contributed by atoms with E-state index in [1.54, 1.807) is 4.90 Å². The molecule has 0 bridgehead atoms. The molecule has 1 saturated carbocycles. The number of hydrogen-bond donors (Lipinski definition) is 0. The van der Waals surface area contributed by atoms with Crippen LogP contribution in [0.5, 0.6) is 0 Å². The molecule has 4 nitrogen and oxygen atoms in total. The first-order valence-corrected chi connectivity index (χ1v) is 10.8. The third kappa shape index (κ3) is 3.07. The average Bonchev–Trinajstić information content (AvgIpc) is 3.14. The summed E-state index contributed by atoms with van der Waals surface area (Å²) in [4.78, 5) is 31.0. The Labute approximate surface area is 171 Å². The van der Waals surface area contributed by atoms with Crippen molar-refractivity contribution in [1.29, 1.82) is 0 Å². The largest absolute Gasteiger partial charge is 0.336 e. The van der Waals surface area contributed by atoms with E-state index >= 15 is 0 Å². The first-order chi connectivity index (χ1) is 14.3. The highest BCUT2D eigenvalue weighted by Crippen LogP contribution is 2.40. The number of fused-ring (bicyclic) bond motifs is 1. The Hall–Kier alpha value is -2.88. The molecule has 4 heteroatoms. The van der Waals surface area contributed by atoms with Gasteiger partial charge in [-0.25, -0.2) is 0 Å². The molecular formula is C25H26N2O2. The van der Waals surface area contributed by atoms with Gasteiger partial charge in [0.15, 0.2) is 0 Å². The molecule has 0 radical (unpaired) electrons. The minimum Gasteiger partial charge on any atom is -0.336 e. The molecule has 2 aromatic carbocycles. The molecule has 0 saturated heterocycles. The standard InChI is InChI=1S/C25H26N2O2/c28-24-22(19-11-4-3-5-12-19)23(26-17-16-18-10-8-9-15-21(18)26)25(29)27(24)20-13-6-1-2-7-14-20/h3-5,8-12,15,20H,1-2,6-7,13-14,16-17H2. The van der Waals surface area contributed by atoms with Gasteiger partial charge < -0.3 is 4.90 Å². The Morgan fingerprint density at radius 1 is 0.759 bits per heavy atom. The first-order valence-electron chi connectivity index (χ1n) is 10.8. The normalized spacial score (nSPS) is 20.4. The van der Waals surface area contributed by atoms with Crippen molar-refractivity contribution < 1.29 is 9.59 Å². The fourth-order valence-electron chi connectivity index (χ4n) is 5.07. The SMILES string of the molecule is O=C1C(c2ccccc2)=C(N2CCc3ccccc32)C(=O)N1C1CCCCCC1. The van der Waals surface area contributed by atoms with Gasteiger partial charge in [-0.15, -0.1) is 0 Å². The molecular weight excluding hydrogens is 360 g/mol. The molecule has 0 atom stereocenters. The summed E-state index contributed by atoms with van der Waals surface area (Å²) >= 11 is 0. The van der Waals surface area contributed by atoms with Crippen molar-refractivity contribution in [3.05, 3.63) is 71.4 Å². The van der Waals surface area contributed by atoms with Crippen LogP contribution in [0.2, 0.25) is 0 Å². The van der Waals surface area contributed by atoms with Gasteiger partial charge in [-0.1, -0.05) is 74.2 Å².